The van der Waals surface area contributed by atoms with Crippen molar-refractivity contribution < 1.29 is 72.8 Å². The molecule has 0 saturated carbocycles. The lowest BCUT2D eigenvalue weighted by atomic mass is 9.90. The van der Waals surface area contributed by atoms with E-state index < -0.39 is 30.1 Å². The topological polar surface area (TPSA) is 258 Å². The Balaban J connectivity index is 0.000000137. The fourth-order valence-corrected chi connectivity index (χ4v) is 24.3. The molecule has 4 unspecified atom stereocenters. The highest BCUT2D eigenvalue weighted by atomic mass is 35.5. The number of carboxylic acid groups (broad SMARTS) is 1. The van der Waals surface area contributed by atoms with Crippen LogP contribution in [0.15, 0.2) is 239 Å². The monoisotopic (exact) mass is 1820 g/mol. The third kappa shape index (κ3) is 24.9. The molecule has 3 N–H and O–H groups in total. The molecular weight excluding hydrogens is 1730 g/mol. The number of halogens is 2. The molecule has 0 radical (unpaired) electrons. The molecule has 15 nitrogen and oxygen atoms in total. The Kier molecular flexibility index (Phi) is 32.6. The Morgan fingerprint density at radius 3 is 1.63 bits per heavy atom. The summed E-state index contributed by atoms with van der Waals surface area (Å²) in [5, 5.41) is 30.5. The van der Waals surface area contributed by atoms with E-state index in [2.05, 4.69) is 84.9 Å². The van der Waals surface area contributed by atoms with Gasteiger partial charge >= 0.3 is 11.9 Å². The number of carbonyl (C=O) groups excluding carboxylic acids is 10. The predicted molar refractivity (Wildman–Crippen MR) is 497 cm³/mol. The summed E-state index contributed by atoms with van der Waals surface area (Å²) < 4.78 is 5.06. The molecule has 10 aromatic carbocycles. The van der Waals surface area contributed by atoms with Crippen molar-refractivity contribution in [3.8, 4) is 0 Å². The number of thioether (sulfide) groups is 8. The first-order valence-corrected chi connectivity index (χ1v) is 47.4. The predicted octanol–water partition coefficient (Wildman–Crippen LogP) is 23.6. The van der Waals surface area contributed by atoms with Crippen LogP contribution in [0, 0.1) is 26.7 Å². The van der Waals surface area contributed by atoms with Crippen molar-refractivity contribution in [3.05, 3.63) is 283 Å². The molecule has 8 aliphatic heterocycles. The lowest BCUT2D eigenvalue weighted by Gasteiger charge is -2.30. The van der Waals surface area contributed by atoms with Gasteiger partial charge in [0.25, 0.3) is 0 Å². The van der Waals surface area contributed by atoms with Crippen LogP contribution in [-0.4, -0.2) is 134 Å². The number of benzene rings is 10. The molecule has 0 spiro atoms. The van der Waals surface area contributed by atoms with Crippen LogP contribution in [0.4, 0.5) is 0 Å². The molecule has 632 valence electrons. The average molecular weight is 1830 g/mol. The maximum atomic E-state index is 12.5. The Labute approximate surface area is 755 Å². The van der Waals surface area contributed by atoms with Gasteiger partial charge in [-0.05, 0) is 175 Å². The number of rotatable bonds is 6. The second kappa shape index (κ2) is 42.1. The number of esters is 1. The maximum Gasteiger partial charge on any atom is 0.304 e. The molecule has 8 heterocycles. The van der Waals surface area contributed by atoms with E-state index in [0.717, 1.165) is 79.0 Å². The molecule has 0 aromatic heterocycles. The Bertz CT molecular complexity index is 5650. The lowest BCUT2D eigenvalue weighted by molar-refractivity contribution is -0.143. The standard InChI is InChI=1S/C17H14O3S.C13H10OS.C13H16OS.C12H14OS.C11H9ClO3S.C11H11ClOS.C11H10O3S.C9H8O2S/c18-9-11-6-7-13-15(8-11)21-10-14(17(13)20)16(19)12-4-2-1-3-5-12;14-12-7-8-15-13-10-4-2-1-3-9(10)5-6-11(12)13;1-8-5-9(2)12-10(14)7-13(3,4)15-11(12)6-8;1-8-4-5-11-9(6-8)10(13)7-12(2,3)14-11;12-6-1-2-10-8(3-6)9(13)4-7(16-10)5-11(14)15;1-11(2)6-9(13)8-5-7(12)3-4-10(8)14-11;1-7(12)14-9-6-15-10-5-3-2-4-8(10)11(9)13;10-7-5-12-8-4-2-1-3-6(8)9(7)11/h1-8,14,18H,9-10H2;1-6H,7-8H2;5-6H,7H2,1-4H3;4-6H,7H2,1-3H3;1-3,7H,4-5H2,(H,14,15);3-5H,6H2,1-2H3;2-5,9H,6H2,1H3;1-4,7,10H,5H2. The molecule has 0 fully saturated rings. The third-order valence-electron chi connectivity index (χ3n) is 20.0. The number of aliphatic carboxylic acids is 1. The molecule has 122 heavy (non-hydrogen) atoms. The van der Waals surface area contributed by atoms with Crippen LogP contribution in [-0.2, 0) is 20.9 Å². The molecule has 10 aromatic rings. The van der Waals surface area contributed by atoms with Crippen LogP contribution in [0.1, 0.15) is 202 Å². The van der Waals surface area contributed by atoms with E-state index in [1.54, 1.807) is 120 Å². The highest BCUT2D eigenvalue weighted by Crippen LogP contribution is 2.47. The summed E-state index contributed by atoms with van der Waals surface area (Å²) in [7, 11) is 0. The summed E-state index contributed by atoms with van der Waals surface area (Å²) in [6, 6.07) is 62.2. The van der Waals surface area contributed by atoms with Gasteiger partial charge in [0.1, 0.15) is 6.10 Å². The molecule has 0 aliphatic carbocycles. The Morgan fingerprint density at radius 2 is 1.00 bits per heavy atom. The van der Waals surface area contributed by atoms with Gasteiger partial charge in [-0.25, -0.2) is 0 Å². The number of hydrogen-bond acceptors (Lipinski definition) is 22. The maximum absolute atomic E-state index is 12.5. The minimum Gasteiger partial charge on any atom is -0.481 e. The first-order valence-electron chi connectivity index (χ1n) is 39.4. The third-order valence-corrected chi connectivity index (χ3v) is 30.1. The van der Waals surface area contributed by atoms with E-state index in [1.807, 2.05) is 117 Å². The van der Waals surface area contributed by atoms with Gasteiger partial charge in [0.05, 0.1) is 18.9 Å². The molecular formula is C97H92Cl2O15S8. The van der Waals surface area contributed by atoms with Gasteiger partial charge in [-0.2, -0.15) is 0 Å². The van der Waals surface area contributed by atoms with Crippen LogP contribution in [0.2, 0.25) is 10.0 Å². The summed E-state index contributed by atoms with van der Waals surface area (Å²) in [5.41, 5.74) is 10.9. The summed E-state index contributed by atoms with van der Waals surface area (Å²) in [6.45, 7) is 20.1. The van der Waals surface area contributed by atoms with Gasteiger partial charge < -0.3 is 20.1 Å². The van der Waals surface area contributed by atoms with Gasteiger partial charge in [0.15, 0.2) is 52.4 Å². The van der Waals surface area contributed by atoms with Crippen molar-refractivity contribution in [1.82, 2.24) is 0 Å². The fraction of sp³-hybridized carbons (Fsp3) is 0.289. The van der Waals surface area contributed by atoms with Crippen molar-refractivity contribution in [2.45, 2.75) is 185 Å². The second-order valence-electron chi connectivity index (χ2n) is 31.7. The number of aliphatic hydroxyl groups is 2. The van der Waals surface area contributed by atoms with Crippen LogP contribution in [0.25, 0.3) is 10.8 Å². The van der Waals surface area contributed by atoms with E-state index in [-0.39, 0.29) is 85.2 Å². The number of ketones is 9. The largest absolute Gasteiger partial charge is 0.481 e. The normalized spacial score (nSPS) is 18.7. The zero-order chi connectivity index (χ0) is 88.1. The fourth-order valence-electron chi connectivity index (χ4n) is 14.4. The minimum atomic E-state index is -0.872. The number of hydrogen-bond donors (Lipinski definition) is 3. The van der Waals surface area contributed by atoms with Gasteiger partial charge in [0, 0.05) is 181 Å². The number of ether oxygens (including phenoxy) is 1. The van der Waals surface area contributed by atoms with Crippen molar-refractivity contribution >= 4 is 192 Å². The molecule has 0 saturated heterocycles. The second-order valence-corrected chi connectivity index (χ2v) is 43.4. The Morgan fingerprint density at radius 1 is 0.467 bits per heavy atom. The Hall–Kier alpha value is -8.27. The number of carbonyl (C=O) groups is 11. The van der Waals surface area contributed by atoms with Crippen LogP contribution >= 0.6 is 117 Å². The van der Waals surface area contributed by atoms with Crippen molar-refractivity contribution in [3.63, 3.8) is 0 Å². The molecule has 0 amide bonds. The van der Waals surface area contributed by atoms with Gasteiger partial charge in [-0.3, -0.25) is 52.7 Å². The smallest absolute Gasteiger partial charge is 0.304 e. The summed E-state index contributed by atoms with van der Waals surface area (Å²) in [6.07, 6.45) is 1.40. The van der Waals surface area contributed by atoms with Gasteiger partial charge in [-0.1, -0.05) is 144 Å². The van der Waals surface area contributed by atoms with E-state index in [4.69, 9.17) is 38.2 Å². The van der Waals surface area contributed by atoms with Crippen molar-refractivity contribution in [1.29, 1.82) is 0 Å². The number of fused-ring (bicyclic) bond motifs is 10. The molecule has 25 heteroatoms. The van der Waals surface area contributed by atoms with Crippen LogP contribution < -0.4 is 0 Å². The number of aryl methyl sites for hydroxylation is 3. The van der Waals surface area contributed by atoms with E-state index in [1.165, 1.54) is 63.4 Å². The molecule has 18 rings (SSSR count). The van der Waals surface area contributed by atoms with Crippen LogP contribution in [0.3, 0.4) is 0 Å². The van der Waals surface area contributed by atoms with E-state index >= 15 is 0 Å². The molecule has 8 aliphatic rings. The van der Waals surface area contributed by atoms with Crippen molar-refractivity contribution in [2.24, 2.45) is 5.92 Å². The quantitative estimate of drug-likeness (QED) is 0.0794. The summed E-state index contributed by atoms with van der Waals surface area (Å²) in [5.74, 6) is 1.01. The number of aliphatic hydroxyl groups excluding tert-OH is 2. The first-order chi connectivity index (χ1) is 57.9. The summed E-state index contributed by atoms with van der Waals surface area (Å²) >= 11 is 24.9. The first kappa shape index (κ1) is 94.4. The number of Topliss-reactive ketones (excluding diaryl/α,β-unsaturated/α-hetero) is 9. The molecule has 4 atom stereocenters. The van der Waals surface area contributed by atoms with Crippen molar-refractivity contribution in [2.75, 3.05) is 23.0 Å². The minimum absolute atomic E-state index is 0.0118. The molecule has 0 bridgehead atoms. The average Bonchev–Trinajstić information content (AvgIpc) is 0.617. The van der Waals surface area contributed by atoms with E-state index in [0.29, 0.717) is 86.6 Å². The number of carboxylic acids is 1. The highest BCUT2D eigenvalue weighted by Gasteiger charge is 2.38. The summed E-state index contributed by atoms with van der Waals surface area (Å²) in [4.78, 5) is 137. The zero-order valence-electron chi connectivity index (χ0n) is 68.9. The SMILES string of the molecule is CC(=O)OC1CSc2ccccc2C1=O.CC1(C)CC(=O)c2cc(Cl)ccc2S1.Cc1cc(C)c2c(c1)SC(C)(C)CC2=O.Cc1ccc2c(c1)C(=O)CC(C)(C)S2.O=C(O)CC1CC(=O)c2cc(Cl)ccc2S1.O=C(c1ccccc1)C1CSc2cc(CO)ccc2C1=O.O=C1CCSc2c1ccc1ccccc21.O=C1c2ccccc2SCC1O. The lowest BCUT2D eigenvalue weighted by Crippen LogP contribution is -2.32. The highest BCUT2D eigenvalue weighted by molar-refractivity contribution is 8.02. The zero-order valence-corrected chi connectivity index (χ0v) is 76.9. The van der Waals surface area contributed by atoms with Gasteiger partial charge in [-0.15, -0.1) is 94.1 Å². The van der Waals surface area contributed by atoms with E-state index in [9.17, 15) is 57.8 Å². The van der Waals surface area contributed by atoms with Crippen LogP contribution in [0.5, 0.6) is 0 Å². The van der Waals surface area contributed by atoms with Gasteiger partial charge in [0.2, 0.25) is 5.78 Å².